The predicted molar refractivity (Wildman–Crippen MR) is 153 cm³/mol. The lowest BCUT2D eigenvalue weighted by molar-refractivity contribution is -0.139. The molecule has 1 saturated carbocycles. The summed E-state index contributed by atoms with van der Waals surface area (Å²) in [4.78, 5) is 12.3. The Morgan fingerprint density at radius 1 is 1.28 bits per heavy atom. The molecule has 0 saturated heterocycles. The molecule has 0 aromatic heterocycles. The van der Waals surface area contributed by atoms with Crippen LogP contribution in [-0.2, 0) is 16.0 Å². The molecule has 6 unspecified atom stereocenters. The van der Waals surface area contributed by atoms with E-state index in [9.17, 15) is 19.4 Å². The Hall–Kier alpha value is -1.84. The first-order valence-electron chi connectivity index (χ1n) is 13.4. The smallest absolute Gasteiger partial charge is 0.311 e. The van der Waals surface area contributed by atoms with Crippen molar-refractivity contribution in [2.45, 2.75) is 87.5 Å². The van der Waals surface area contributed by atoms with Crippen LogP contribution in [0.15, 0.2) is 35.2 Å². The molecular weight excluding hydrogens is 541 g/mol. The zero-order valence-electron chi connectivity index (χ0n) is 23.4. The summed E-state index contributed by atoms with van der Waals surface area (Å²) in [6.07, 6.45) is 2.03. The van der Waals surface area contributed by atoms with Crippen LogP contribution in [0, 0.1) is 11.7 Å². The normalized spacial score (nSPS) is 22.8. The highest BCUT2D eigenvalue weighted by molar-refractivity contribution is 7.98. The van der Waals surface area contributed by atoms with Crippen molar-refractivity contribution in [3.8, 4) is 5.75 Å². The minimum absolute atomic E-state index is 0.0957. The molecule has 4 rings (SSSR count). The number of thioether (sulfide) groups is 1. The number of ether oxygens (including phenoxy) is 2. The number of carbonyl (C=O) groups is 1. The second-order valence-corrected chi connectivity index (χ2v) is 12.9. The van der Waals surface area contributed by atoms with E-state index in [2.05, 4.69) is 12.2 Å². The van der Waals surface area contributed by atoms with Crippen LogP contribution in [0.2, 0.25) is 5.02 Å². The monoisotopic (exact) mass is 579 g/mol. The minimum atomic E-state index is -0.857. The molecule has 2 aromatic carbocycles. The van der Waals surface area contributed by atoms with E-state index >= 15 is 0 Å². The van der Waals surface area contributed by atoms with Crippen molar-refractivity contribution in [2.75, 3.05) is 19.4 Å². The number of rotatable bonds is 13. The van der Waals surface area contributed by atoms with Crippen LogP contribution in [0.1, 0.15) is 69.6 Å². The Kier molecular flexibility index (Phi) is 8.94. The van der Waals surface area contributed by atoms with Gasteiger partial charge in [-0.2, -0.15) is 0 Å². The molecule has 1 aliphatic heterocycles. The number of halogens is 2. The number of hydrogen-bond donors (Lipinski definition) is 3. The van der Waals surface area contributed by atoms with E-state index in [0.29, 0.717) is 35.1 Å². The molecule has 1 fully saturated rings. The van der Waals surface area contributed by atoms with E-state index in [1.807, 2.05) is 46.1 Å². The fourth-order valence-corrected chi connectivity index (χ4v) is 6.29. The van der Waals surface area contributed by atoms with E-state index in [1.54, 1.807) is 18.2 Å². The lowest BCUT2D eigenvalue weighted by atomic mass is 9.79. The standard InChI is InChI=1S/C30H39ClFNO5S/c1-7-30(5,16(2)19-9-10-20(31)26-23(19)24-25(28(35)36)27(24)38-26)37-15-18(34)14-33-29(3,4)13-17-8-11-22(39-6)21(32)12-17/h8-12,16,18,24-25,27,33-34H,7,13-15H2,1-6H3,(H,35,36). The molecule has 0 amide bonds. The lowest BCUT2D eigenvalue weighted by Crippen LogP contribution is -2.47. The molecule has 6 nitrogen and oxygen atoms in total. The first-order valence-corrected chi connectivity index (χ1v) is 15.0. The molecule has 0 radical (unpaired) electrons. The maximum atomic E-state index is 14.2. The fraction of sp³-hybridized carbons (Fsp3) is 0.567. The van der Waals surface area contributed by atoms with Crippen LogP contribution in [0.3, 0.4) is 0 Å². The number of aliphatic hydroxyl groups excluding tert-OH is 1. The molecule has 39 heavy (non-hydrogen) atoms. The van der Waals surface area contributed by atoms with Crippen LogP contribution >= 0.6 is 23.4 Å². The Balaban J connectivity index is 1.37. The van der Waals surface area contributed by atoms with Gasteiger partial charge < -0.3 is 25.0 Å². The molecule has 0 bridgehead atoms. The number of carboxylic acid groups (broad SMARTS) is 1. The molecule has 2 aromatic rings. The van der Waals surface area contributed by atoms with Crippen LogP contribution in [0.4, 0.5) is 4.39 Å². The summed E-state index contributed by atoms with van der Waals surface area (Å²) < 4.78 is 26.5. The molecule has 6 atom stereocenters. The van der Waals surface area contributed by atoms with Gasteiger partial charge in [0.15, 0.2) is 0 Å². The molecular formula is C30H39ClFNO5S. The van der Waals surface area contributed by atoms with Crippen molar-refractivity contribution in [1.82, 2.24) is 5.32 Å². The summed E-state index contributed by atoms with van der Waals surface area (Å²) in [5, 5.41) is 24.2. The quantitative estimate of drug-likeness (QED) is 0.250. The van der Waals surface area contributed by atoms with Crippen LogP contribution in [0.5, 0.6) is 5.75 Å². The number of aliphatic hydroxyl groups is 1. The number of fused-ring (bicyclic) bond motifs is 3. The van der Waals surface area contributed by atoms with E-state index in [4.69, 9.17) is 21.1 Å². The highest BCUT2D eigenvalue weighted by atomic mass is 35.5. The Morgan fingerprint density at radius 3 is 2.62 bits per heavy atom. The number of benzene rings is 2. The van der Waals surface area contributed by atoms with E-state index in [0.717, 1.165) is 16.7 Å². The molecule has 214 valence electrons. The van der Waals surface area contributed by atoms with Gasteiger partial charge >= 0.3 is 5.97 Å². The van der Waals surface area contributed by atoms with E-state index in [1.165, 1.54) is 11.8 Å². The largest absolute Gasteiger partial charge is 0.487 e. The van der Waals surface area contributed by atoms with Crippen molar-refractivity contribution >= 4 is 29.3 Å². The summed E-state index contributed by atoms with van der Waals surface area (Å²) in [6, 6.07) is 9.05. The van der Waals surface area contributed by atoms with Crippen LogP contribution in [-0.4, -0.2) is 58.9 Å². The average molecular weight is 580 g/mol. The maximum absolute atomic E-state index is 14.2. The third-order valence-electron chi connectivity index (χ3n) is 8.38. The average Bonchev–Trinajstić information content (AvgIpc) is 3.47. The van der Waals surface area contributed by atoms with Crippen LogP contribution in [0.25, 0.3) is 0 Å². The van der Waals surface area contributed by atoms with Crippen molar-refractivity contribution in [2.24, 2.45) is 5.92 Å². The van der Waals surface area contributed by atoms with Crippen molar-refractivity contribution in [3.05, 3.63) is 57.9 Å². The molecule has 1 aliphatic carbocycles. The first kappa shape index (κ1) is 30.1. The van der Waals surface area contributed by atoms with Gasteiger partial charge in [0.1, 0.15) is 23.6 Å². The summed E-state index contributed by atoms with van der Waals surface area (Å²) in [6.45, 7) is 10.6. The first-order chi connectivity index (χ1) is 18.3. The number of β-amino-alcohol motifs (C(OH)–C–C–N with tert-alkyl or cyclic N) is 1. The Labute approximate surface area is 239 Å². The SMILES string of the molecule is CCC(C)(OCC(O)CNC(C)(C)Cc1ccc(SC)c(F)c1)C(C)c1ccc(Cl)c2c1C1C(O2)C1C(=O)O. The molecule has 3 N–H and O–H groups in total. The third kappa shape index (κ3) is 6.25. The predicted octanol–water partition coefficient (Wildman–Crippen LogP) is 6.02. The summed E-state index contributed by atoms with van der Waals surface area (Å²) in [7, 11) is 0. The summed E-state index contributed by atoms with van der Waals surface area (Å²) in [5.74, 6) is -1.33. The highest BCUT2D eigenvalue weighted by Crippen LogP contribution is 2.62. The van der Waals surface area contributed by atoms with Gasteiger partial charge in [-0.05, 0) is 69.2 Å². The summed E-state index contributed by atoms with van der Waals surface area (Å²) >= 11 is 7.77. The highest BCUT2D eigenvalue weighted by Gasteiger charge is 2.64. The third-order valence-corrected chi connectivity index (χ3v) is 9.45. The summed E-state index contributed by atoms with van der Waals surface area (Å²) in [5.41, 5.74) is 1.77. The van der Waals surface area contributed by atoms with E-state index in [-0.39, 0.29) is 35.9 Å². The van der Waals surface area contributed by atoms with Gasteiger partial charge in [-0.3, -0.25) is 4.79 Å². The van der Waals surface area contributed by atoms with Crippen molar-refractivity contribution in [1.29, 1.82) is 0 Å². The fourth-order valence-electron chi connectivity index (χ4n) is 5.63. The second-order valence-electron chi connectivity index (χ2n) is 11.6. The van der Waals surface area contributed by atoms with Gasteiger partial charge in [0.25, 0.3) is 0 Å². The number of hydrogen-bond acceptors (Lipinski definition) is 6. The van der Waals surface area contributed by atoms with Crippen molar-refractivity contribution in [3.63, 3.8) is 0 Å². The Morgan fingerprint density at radius 2 is 2.00 bits per heavy atom. The Bertz CT molecular complexity index is 1230. The van der Waals surface area contributed by atoms with Gasteiger partial charge in [-0.25, -0.2) is 4.39 Å². The van der Waals surface area contributed by atoms with E-state index < -0.39 is 23.6 Å². The molecule has 2 aliphatic rings. The molecule has 0 spiro atoms. The maximum Gasteiger partial charge on any atom is 0.311 e. The zero-order chi connectivity index (χ0) is 28.7. The zero-order valence-corrected chi connectivity index (χ0v) is 25.0. The number of carboxylic acids is 1. The number of aliphatic carboxylic acids is 1. The van der Waals surface area contributed by atoms with Gasteiger partial charge in [-0.15, -0.1) is 11.8 Å². The van der Waals surface area contributed by atoms with Gasteiger partial charge in [-0.1, -0.05) is 37.6 Å². The van der Waals surface area contributed by atoms with Crippen molar-refractivity contribution < 1.29 is 28.9 Å². The van der Waals surface area contributed by atoms with Gasteiger partial charge in [0.2, 0.25) is 0 Å². The molecule has 1 heterocycles. The second kappa shape index (κ2) is 11.6. The molecule has 9 heteroatoms. The van der Waals surface area contributed by atoms with Gasteiger partial charge in [0.05, 0.1) is 23.3 Å². The van der Waals surface area contributed by atoms with Gasteiger partial charge in [0, 0.05) is 34.4 Å². The lowest BCUT2D eigenvalue weighted by Gasteiger charge is -2.37. The van der Waals surface area contributed by atoms with Crippen LogP contribution < -0.4 is 10.1 Å². The number of nitrogens with one attached hydrogen (secondary N) is 1. The topological polar surface area (TPSA) is 88.0 Å². The minimum Gasteiger partial charge on any atom is -0.487 e.